The zero-order valence-electron chi connectivity index (χ0n) is 8.80. The maximum atomic E-state index is 13.5. The summed E-state index contributed by atoms with van der Waals surface area (Å²) in [6.45, 7) is 3.22. The largest absolute Gasteiger partial charge is 0.481 e. The van der Waals surface area contributed by atoms with Gasteiger partial charge in [-0.25, -0.2) is 8.78 Å². The summed E-state index contributed by atoms with van der Waals surface area (Å²) < 4.78 is 26.6. The zero-order valence-corrected chi connectivity index (χ0v) is 9.55. The van der Waals surface area contributed by atoms with Crippen molar-refractivity contribution in [1.29, 1.82) is 0 Å². The van der Waals surface area contributed by atoms with Crippen LogP contribution in [-0.2, 0) is 4.79 Å². The van der Waals surface area contributed by atoms with E-state index >= 15 is 0 Å². The first-order valence-corrected chi connectivity index (χ1v) is 5.10. The van der Waals surface area contributed by atoms with Gasteiger partial charge in [-0.05, 0) is 18.1 Å². The first-order chi connectivity index (χ1) is 7.36. The van der Waals surface area contributed by atoms with Gasteiger partial charge in [0, 0.05) is 5.56 Å². The Morgan fingerprint density at radius 1 is 1.31 bits per heavy atom. The number of hydrogen-bond donors (Lipinski definition) is 1. The summed E-state index contributed by atoms with van der Waals surface area (Å²) in [5.74, 6) is -4.37. The van der Waals surface area contributed by atoms with Crippen molar-refractivity contribution in [2.24, 2.45) is 5.92 Å². The van der Waals surface area contributed by atoms with Gasteiger partial charge >= 0.3 is 5.97 Å². The molecule has 0 saturated carbocycles. The van der Waals surface area contributed by atoms with Crippen LogP contribution in [-0.4, -0.2) is 11.1 Å². The van der Waals surface area contributed by atoms with E-state index in [-0.39, 0.29) is 11.5 Å². The fraction of sp³-hybridized carbons (Fsp3) is 0.364. The van der Waals surface area contributed by atoms with E-state index in [1.807, 2.05) is 0 Å². The first kappa shape index (κ1) is 12.9. The molecule has 1 atom stereocenters. The number of rotatable bonds is 3. The van der Waals surface area contributed by atoms with Crippen molar-refractivity contribution in [2.45, 2.75) is 19.8 Å². The van der Waals surface area contributed by atoms with Crippen LogP contribution >= 0.6 is 11.6 Å². The van der Waals surface area contributed by atoms with Crippen LogP contribution < -0.4 is 0 Å². The second-order valence-electron chi connectivity index (χ2n) is 3.82. The molecule has 0 heterocycles. The van der Waals surface area contributed by atoms with E-state index in [4.69, 9.17) is 16.7 Å². The lowest BCUT2D eigenvalue weighted by molar-refractivity contribution is -0.139. The Kier molecular flexibility index (Phi) is 3.86. The van der Waals surface area contributed by atoms with Crippen molar-refractivity contribution in [3.8, 4) is 0 Å². The zero-order chi connectivity index (χ0) is 12.5. The van der Waals surface area contributed by atoms with Gasteiger partial charge in [0.15, 0.2) is 0 Å². The number of hydrogen-bond acceptors (Lipinski definition) is 1. The van der Waals surface area contributed by atoms with Crippen LogP contribution in [0.4, 0.5) is 8.78 Å². The van der Waals surface area contributed by atoms with E-state index in [2.05, 4.69) is 0 Å². The van der Waals surface area contributed by atoms with Crippen molar-refractivity contribution in [3.63, 3.8) is 0 Å². The lowest BCUT2D eigenvalue weighted by atomic mass is 9.88. The van der Waals surface area contributed by atoms with Crippen molar-refractivity contribution in [3.05, 3.63) is 34.4 Å². The SMILES string of the molecule is CC(C)C(C(=O)O)c1c(F)ccc(F)c1Cl. The van der Waals surface area contributed by atoms with E-state index in [1.54, 1.807) is 13.8 Å². The predicted molar refractivity (Wildman–Crippen MR) is 56.6 cm³/mol. The summed E-state index contributed by atoms with van der Waals surface area (Å²) in [7, 11) is 0. The molecule has 0 amide bonds. The smallest absolute Gasteiger partial charge is 0.311 e. The normalized spacial score (nSPS) is 12.9. The Balaban J connectivity index is 3.40. The van der Waals surface area contributed by atoms with Crippen molar-refractivity contribution in [1.82, 2.24) is 0 Å². The third-order valence-electron chi connectivity index (χ3n) is 2.32. The Bertz CT molecular complexity index is 419. The quantitative estimate of drug-likeness (QED) is 0.832. The monoisotopic (exact) mass is 248 g/mol. The van der Waals surface area contributed by atoms with Crippen molar-refractivity contribution in [2.75, 3.05) is 0 Å². The molecule has 0 aliphatic rings. The lowest BCUT2D eigenvalue weighted by Crippen LogP contribution is -2.19. The van der Waals surface area contributed by atoms with Gasteiger partial charge in [0.05, 0.1) is 10.9 Å². The Hall–Kier alpha value is -1.16. The highest BCUT2D eigenvalue weighted by Gasteiger charge is 2.30. The predicted octanol–water partition coefficient (Wildman–Crippen LogP) is 3.44. The van der Waals surface area contributed by atoms with Gasteiger partial charge in [-0.2, -0.15) is 0 Å². The van der Waals surface area contributed by atoms with Crippen LogP contribution in [0.5, 0.6) is 0 Å². The molecule has 0 saturated heterocycles. The van der Waals surface area contributed by atoms with Crippen LogP contribution in [0, 0.1) is 17.6 Å². The molecule has 0 fully saturated rings. The standard InChI is InChI=1S/C11H11ClF2O2/c1-5(2)8(11(15)16)9-6(13)3-4-7(14)10(9)12/h3-5,8H,1-2H3,(H,15,16). The molecule has 16 heavy (non-hydrogen) atoms. The summed E-state index contributed by atoms with van der Waals surface area (Å²) in [6.07, 6.45) is 0. The molecule has 0 spiro atoms. The molecule has 88 valence electrons. The summed E-state index contributed by atoms with van der Waals surface area (Å²) in [5.41, 5.74) is -0.288. The minimum Gasteiger partial charge on any atom is -0.481 e. The minimum atomic E-state index is -1.22. The first-order valence-electron chi connectivity index (χ1n) is 4.72. The van der Waals surface area contributed by atoms with Gasteiger partial charge in [0.1, 0.15) is 11.6 Å². The maximum Gasteiger partial charge on any atom is 0.311 e. The molecule has 1 N–H and O–H groups in total. The second kappa shape index (κ2) is 4.78. The number of carboxylic acids is 1. The molecule has 1 aromatic rings. The molecule has 0 aliphatic heterocycles. The number of aliphatic carboxylic acids is 1. The molecule has 0 aliphatic carbocycles. The molecule has 1 rings (SSSR count). The fourth-order valence-electron chi connectivity index (χ4n) is 1.57. The van der Waals surface area contributed by atoms with Gasteiger partial charge in [0.2, 0.25) is 0 Å². The van der Waals surface area contributed by atoms with Gasteiger partial charge in [-0.15, -0.1) is 0 Å². The van der Waals surface area contributed by atoms with E-state index in [0.717, 1.165) is 12.1 Å². The highest BCUT2D eigenvalue weighted by Crippen LogP contribution is 2.34. The summed E-state index contributed by atoms with van der Waals surface area (Å²) in [5, 5.41) is 8.53. The van der Waals surface area contributed by atoms with E-state index < -0.39 is 28.5 Å². The minimum absolute atomic E-state index is 0.288. The topological polar surface area (TPSA) is 37.3 Å². The molecule has 0 bridgehead atoms. The Morgan fingerprint density at radius 2 is 1.81 bits per heavy atom. The molecule has 0 radical (unpaired) electrons. The number of halogens is 3. The molecule has 0 aromatic heterocycles. The maximum absolute atomic E-state index is 13.5. The molecular weight excluding hydrogens is 238 g/mol. The fourth-order valence-corrected chi connectivity index (χ4v) is 1.84. The van der Waals surface area contributed by atoms with Gasteiger partial charge in [0.25, 0.3) is 0 Å². The van der Waals surface area contributed by atoms with Crippen LogP contribution in [0.2, 0.25) is 5.02 Å². The molecule has 1 aromatic carbocycles. The molecule has 1 unspecified atom stereocenters. The van der Waals surface area contributed by atoms with Gasteiger partial charge in [-0.1, -0.05) is 25.4 Å². The average Bonchev–Trinajstić information content (AvgIpc) is 2.17. The van der Waals surface area contributed by atoms with Crippen LogP contribution in [0.15, 0.2) is 12.1 Å². The summed E-state index contributed by atoms with van der Waals surface area (Å²) in [6, 6.07) is 1.76. The number of carbonyl (C=O) groups is 1. The van der Waals surface area contributed by atoms with E-state index in [1.165, 1.54) is 0 Å². The van der Waals surface area contributed by atoms with E-state index in [0.29, 0.717) is 0 Å². The third kappa shape index (κ3) is 2.32. The van der Waals surface area contributed by atoms with Crippen LogP contribution in [0.25, 0.3) is 0 Å². The van der Waals surface area contributed by atoms with Crippen LogP contribution in [0.1, 0.15) is 25.3 Å². The second-order valence-corrected chi connectivity index (χ2v) is 4.19. The van der Waals surface area contributed by atoms with Gasteiger partial charge < -0.3 is 5.11 Å². The number of benzene rings is 1. The van der Waals surface area contributed by atoms with E-state index in [9.17, 15) is 13.6 Å². The Morgan fingerprint density at radius 3 is 2.25 bits per heavy atom. The van der Waals surface area contributed by atoms with Crippen molar-refractivity contribution >= 4 is 17.6 Å². The summed E-state index contributed by atoms with van der Waals surface area (Å²) in [4.78, 5) is 11.0. The van der Waals surface area contributed by atoms with Crippen molar-refractivity contribution < 1.29 is 18.7 Å². The Labute approximate surface area is 96.8 Å². The molecular formula is C11H11ClF2O2. The number of carboxylic acid groups (broad SMARTS) is 1. The van der Waals surface area contributed by atoms with Gasteiger partial charge in [-0.3, -0.25) is 4.79 Å². The average molecular weight is 249 g/mol. The third-order valence-corrected chi connectivity index (χ3v) is 2.71. The summed E-state index contributed by atoms with van der Waals surface area (Å²) >= 11 is 5.60. The molecule has 2 nitrogen and oxygen atoms in total. The van der Waals surface area contributed by atoms with Crippen LogP contribution in [0.3, 0.4) is 0 Å². The highest BCUT2D eigenvalue weighted by atomic mass is 35.5. The lowest BCUT2D eigenvalue weighted by Gasteiger charge is -2.18. The highest BCUT2D eigenvalue weighted by molar-refractivity contribution is 6.31. The molecule has 5 heteroatoms.